The molecular formula is C31H34N6O4S. The molecule has 5 rings (SSSR count). The number of amides is 1. The van der Waals surface area contributed by atoms with Gasteiger partial charge in [0.25, 0.3) is 11.5 Å². The molecular weight excluding hydrogens is 552 g/mol. The van der Waals surface area contributed by atoms with Crippen LogP contribution in [0.4, 0.5) is 5.69 Å². The molecule has 0 aliphatic carbocycles. The van der Waals surface area contributed by atoms with Crippen LogP contribution < -0.4 is 20.9 Å². The number of hydrogen-bond donors (Lipinski definition) is 5. The van der Waals surface area contributed by atoms with Gasteiger partial charge >= 0.3 is 0 Å². The lowest BCUT2D eigenvalue weighted by Crippen LogP contribution is -2.42. The van der Waals surface area contributed by atoms with E-state index in [2.05, 4.69) is 43.9 Å². The molecule has 3 aromatic carbocycles. The van der Waals surface area contributed by atoms with E-state index >= 15 is 0 Å². The van der Waals surface area contributed by atoms with E-state index in [1.54, 1.807) is 18.5 Å². The third-order valence-corrected chi connectivity index (χ3v) is 7.78. The number of aliphatic hydroxyl groups excluding tert-OH is 1. The maximum absolute atomic E-state index is 12.6. The van der Waals surface area contributed by atoms with Crippen LogP contribution in [0.15, 0.2) is 99.4 Å². The summed E-state index contributed by atoms with van der Waals surface area (Å²) in [4.78, 5) is 29.3. The first-order valence-electron chi connectivity index (χ1n) is 13.7. The number of aliphatic hydroxyl groups is 1. The van der Waals surface area contributed by atoms with Crippen molar-refractivity contribution in [1.29, 1.82) is 0 Å². The molecule has 5 aromatic rings. The van der Waals surface area contributed by atoms with Crippen molar-refractivity contribution in [3.63, 3.8) is 0 Å². The van der Waals surface area contributed by atoms with Crippen LogP contribution in [0.1, 0.15) is 48.1 Å². The van der Waals surface area contributed by atoms with Crippen LogP contribution in [0.25, 0.3) is 11.0 Å². The number of anilines is 1. The minimum atomic E-state index is -0.653. The summed E-state index contributed by atoms with van der Waals surface area (Å²) in [5.74, 6) is 0.0707. The Bertz CT molecular complexity index is 1690. The molecule has 10 nitrogen and oxygen atoms in total. The molecule has 11 heteroatoms. The fourth-order valence-electron chi connectivity index (χ4n) is 4.46. The SMILES string of the molecule is CC(C)(CCn1cnc2cc(C(=O)NCc3cc(=O)[nH]o3)ccc21)NC[C@H](O)c1cccc(NSc2ccccc2)c1. The van der Waals surface area contributed by atoms with Gasteiger partial charge in [-0.3, -0.25) is 9.59 Å². The summed E-state index contributed by atoms with van der Waals surface area (Å²) in [5, 5.41) is 19.3. The van der Waals surface area contributed by atoms with E-state index in [0.717, 1.165) is 33.6 Å². The molecule has 5 N–H and O–H groups in total. The van der Waals surface area contributed by atoms with E-state index in [9.17, 15) is 14.7 Å². The highest BCUT2D eigenvalue weighted by atomic mass is 32.2. The maximum atomic E-state index is 12.6. The number of aryl methyl sites for hydroxylation is 1. The van der Waals surface area contributed by atoms with Crippen LogP contribution in [-0.2, 0) is 13.1 Å². The summed E-state index contributed by atoms with van der Waals surface area (Å²) in [6.07, 6.45) is 1.92. The van der Waals surface area contributed by atoms with Crippen molar-refractivity contribution in [2.45, 2.75) is 49.9 Å². The highest BCUT2D eigenvalue weighted by Gasteiger charge is 2.20. The van der Waals surface area contributed by atoms with E-state index in [0.29, 0.717) is 24.4 Å². The second-order valence-electron chi connectivity index (χ2n) is 10.7. The molecule has 42 heavy (non-hydrogen) atoms. The summed E-state index contributed by atoms with van der Waals surface area (Å²) in [6, 6.07) is 24.6. The Labute approximate surface area is 247 Å². The molecule has 0 unspecified atom stereocenters. The lowest BCUT2D eigenvalue weighted by molar-refractivity contribution is 0.0947. The highest BCUT2D eigenvalue weighted by Crippen LogP contribution is 2.24. The van der Waals surface area contributed by atoms with E-state index < -0.39 is 6.10 Å². The van der Waals surface area contributed by atoms with Crippen molar-refractivity contribution in [1.82, 2.24) is 25.3 Å². The number of imidazole rings is 1. The first-order chi connectivity index (χ1) is 20.3. The second kappa shape index (κ2) is 13.1. The number of rotatable bonds is 13. The Hall–Kier alpha value is -4.32. The third-order valence-electron chi connectivity index (χ3n) is 6.93. The number of carbonyl (C=O) groups excluding carboxylic acids is 1. The number of benzene rings is 3. The molecule has 2 heterocycles. The number of H-pyrrole nitrogens is 1. The van der Waals surface area contributed by atoms with E-state index in [1.165, 1.54) is 18.0 Å². The molecule has 2 aromatic heterocycles. The van der Waals surface area contributed by atoms with Gasteiger partial charge in [-0.05, 0) is 80.2 Å². The van der Waals surface area contributed by atoms with Gasteiger partial charge in [-0.2, -0.15) is 5.16 Å². The molecule has 1 atom stereocenters. The lowest BCUT2D eigenvalue weighted by Gasteiger charge is -2.28. The fourth-order valence-corrected chi connectivity index (χ4v) is 5.11. The molecule has 0 aliphatic heterocycles. The topological polar surface area (TPSA) is 137 Å². The van der Waals surface area contributed by atoms with Gasteiger partial charge in [0, 0.05) is 40.8 Å². The average molecular weight is 587 g/mol. The van der Waals surface area contributed by atoms with Gasteiger partial charge in [0.05, 0.1) is 30.0 Å². The molecule has 0 fully saturated rings. The van der Waals surface area contributed by atoms with Crippen LogP contribution in [0.2, 0.25) is 0 Å². The van der Waals surface area contributed by atoms with Gasteiger partial charge in [-0.1, -0.05) is 30.3 Å². The molecule has 218 valence electrons. The maximum Gasteiger partial charge on any atom is 0.280 e. The first kappa shape index (κ1) is 29.2. The van der Waals surface area contributed by atoms with Gasteiger partial charge in [0.15, 0.2) is 5.76 Å². The number of aromatic amines is 1. The summed E-state index contributed by atoms with van der Waals surface area (Å²) >= 11 is 1.53. The largest absolute Gasteiger partial charge is 0.387 e. The van der Waals surface area contributed by atoms with Crippen molar-refractivity contribution in [2.75, 3.05) is 11.3 Å². The summed E-state index contributed by atoms with van der Waals surface area (Å²) in [7, 11) is 0. The minimum absolute atomic E-state index is 0.108. The van der Waals surface area contributed by atoms with Crippen molar-refractivity contribution >= 4 is 34.6 Å². The second-order valence-corrected chi connectivity index (χ2v) is 11.6. The molecule has 1 amide bonds. The van der Waals surface area contributed by atoms with Crippen molar-refractivity contribution in [3.8, 4) is 0 Å². The number of hydrogen-bond acceptors (Lipinski definition) is 8. The van der Waals surface area contributed by atoms with Crippen molar-refractivity contribution in [3.05, 3.63) is 112 Å². The zero-order valence-electron chi connectivity index (χ0n) is 23.5. The number of fused-ring (bicyclic) bond motifs is 1. The number of carbonyl (C=O) groups is 1. The quantitative estimate of drug-likeness (QED) is 0.123. The Morgan fingerprint density at radius 1 is 1.10 bits per heavy atom. The molecule has 0 radical (unpaired) electrons. The van der Waals surface area contributed by atoms with Crippen LogP contribution in [-0.4, -0.2) is 37.8 Å². The molecule has 0 spiro atoms. The van der Waals surface area contributed by atoms with Gasteiger partial charge in [-0.25, -0.2) is 4.98 Å². The molecule has 0 bridgehead atoms. The first-order valence-corrected chi connectivity index (χ1v) is 14.5. The monoisotopic (exact) mass is 586 g/mol. The number of β-amino-alcohol motifs (C(OH)–C–C–N with tert-alkyl or cyclic N) is 1. The number of nitrogens with zero attached hydrogens (tertiary/aromatic N) is 2. The number of nitrogens with one attached hydrogen (secondary N) is 4. The summed E-state index contributed by atoms with van der Waals surface area (Å²) in [6.45, 7) is 5.46. The number of aromatic nitrogens is 3. The van der Waals surface area contributed by atoms with Crippen LogP contribution in [0, 0.1) is 0 Å². The van der Waals surface area contributed by atoms with Crippen LogP contribution in [0.3, 0.4) is 0 Å². The lowest BCUT2D eigenvalue weighted by atomic mass is 9.99. The standard InChI is InChI=1S/C31H34N6O4S/c1-31(2,34-19-28(38)21-7-6-8-23(15-21)36-42-25-9-4-3-5-10-25)13-14-37-20-33-26-16-22(11-12-27(26)37)30(40)32-18-24-17-29(39)35-41-24/h3-12,15-17,20,28,34,36,38H,13-14,18-19H2,1-2H3,(H,32,40)(H,35,39)/t28-/m0/s1. The van der Waals surface area contributed by atoms with Gasteiger partial charge in [0.2, 0.25) is 0 Å². The fraction of sp³-hybridized carbons (Fsp3) is 0.258. The van der Waals surface area contributed by atoms with Crippen molar-refractivity contribution < 1.29 is 14.4 Å². The Balaban J connectivity index is 1.12. The predicted octanol–water partition coefficient (Wildman–Crippen LogP) is 4.86. The smallest absolute Gasteiger partial charge is 0.280 e. The van der Waals surface area contributed by atoms with Crippen molar-refractivity contribution in [2.24, 2.45) is 0 Å². The average Bonchev–Trinajstić information content (AvgIpc) is 3.62. The molecule has 0 saturated carbocycles. The minimum Gasteiger partial charge on any atom is -0.387 e. The van der Waals surface area contributed by atoms with Gasteiger partial charge in [0.1, 0.15) is 0 Å². The predicted molar refractivity (Wildman–Crippen MR) is 164 cm³/mol. The van der Waals surface area contributed by atoms with Crippen LogP contribution in [0.5, 0.6) is 0 Å². The van der Waals surface area contributed by atoms with E-state index in [-0.39, 0.29) is 23.6 Å². The van der Waals surface area contributed by atoms with Gasteiger partial charge in [-0.15, -0.1) is 0 Å². The summed E-state index contributed by atoms with van der Waals surface area (Å²) in [5.41, 5.74) is 3.30. The zero-order chi connectivity index (χ0) is 29.5. The summed E-state index contributed by atoms with van der Waals surface area (Å²) < 4.78 is 10.4. The van der Waals surface area contributed by atoms with E-state index in [4.69, 9.17) is 4.52 Å². The Morgan fingerprint density at radius 2 is 1.93 bits per heavy atom. The third kappa shape index (κ3) is 7.69. The highest BCUT2D eigenvalue weighted by molar-refractivity contribution is 8.00. The molecule has 0 aliphatic rings. The van der Waals surface area contributed by atoms with Gasteiger partial charge < -0.3 is 29.6 Å². The Kier molecular flexibility index (Phi) is 9.11. The van der Waals surface area contributed by atoms with E-state index in [1.807, 2.05) is 60.7 Å². The Morgan fingerprint density at radius 3 is 2.71 bits per heavy atom. The zero-order valence-corrected chi connectivity index (χ0v) is 24.3. The normalized spacial score (nSPS) is 12.4. The van der Waals surface area contributed by atoms with Crippen LogP contribution >= 0.6 is 11.9 Å². The molecule has 0 saturated heterocycles.